The van der Waals surface area contributed by atoms with E-state index in [9.17, 15) is 9.59 Å². The van der Waals surface area contributed by atoms with Gasteiger partial charge in [0.15, 0.2) is 0 Å². The number of ether oxygens (including phenoxy) is 1. The molecule has 9 nitrogen and oxygen atoms in total. The Kier molecular flexibility index (Phi) is 10.5. The molecule has 254 valence electrons. The highest BCUT2D eigenvalue weighted by molar-refractivity contribution is 7.99. The molecule has 2 aromatic heterocycles. The fourth-order valence-electron chi connectivity index (χ4n) is 5.52. The summed E-state index contributed by atoms with van der Waals surface area (Å²) in [5.74, 6) is -1.04. The first-order valence-corrected chi connectivity index (χ1v) is 18.8. The number of carbonyl (C=O) groups is 2. The Bertz CT molecular complexity index is 2250. The van der Waals surface area contributed by atoms with Crippen LogP contribution in [0.4, 0.5) is 0 Å². The van der Waals surface area contributed by atoms with E-state index in [1.807, 2.05) is 103 Å². The van der Waals surface area contributed by atoms with Crippen LogP contribution >= 0.6 is 19.3 Å². The Morgan fingerprint density at radius 2 is 1.66 bits per heavy atom. The number of nitrogens with zero attached hydrogens (tertiary/aromatic N) is 3. The Morgan fingerprint density at radius 1 is 0.900 bits per heavy atom. The number of nitrogens with one attached hydrogen (secondary N) is 1. The minimum absolute atomic E-state index is 0.168. The van der Waals surface area contributed by atoms with E-state index in [2.05, 4.69) is 10.3 Å². The Hall–Kier alpha value is -5.18. The summed E-state index contributed by atoms with van der Waals surface area (Å²) in [5.41, 5.74) is 2.36. The van der Waals surface area contributed by atoms with Gasteiger partial charge in [-0.2, -0.15) is 9.55 Å². The zero-order valence-corrected chi connectivity index (χ0v) is 29.9. The maximum Gasteiger partial charge on any atom is 0.364 e. The maximum absolute atomic E-state index is 15.6. The molecule has 0 fully saturated rings. The van der Waals surface area contributed by atoms with Gasteiger partial charge >= 0.3 is 13.5 Å². The Morgan fingerprint density at radius 3 is 2.44 bits per heavy atom. The molecule has 50 heavy (non-hydrogen) atoms. The number of fused-ring (bicyclic) bond motifs is 2. The average molecular weight is 705 g/mol. The van der Waals surface area contributed by atoms with Crippen molar-refractivity contribution in [3.8, 4) is 5.75 Å². The van der Waals surface area contributed by atoms with Crippen LogP contribution in [0.2, 0.25) is 0 Å². The lowest BCUT2D eigenvalue weighted by Crippen LogP contribution is -2.24. The van der Waals surface area contributed by atoms with E-state index in [1.54, 1.807) is 46.1 Å². The summed E-state index contributed by atoms with van der Waals surface area (Å²) < 4.78 is 29.1. The number of carbonyl (C=O) groups excluding carboxylic acids is 2. The van der Waals surface area contributed by atoms with E-state index in [0.29, 0.717) is 22.5 Å². The van der Waals surface area contributed by atoms with Gasteiger partial charge < -0.3 is 14.6 Å². The molecular weight excluding hydrogens is 667 g/mol. The third-order valence-electron chi connectivity index (χ3n) is 7.89. The van der Waals surface area contributed by atoms with Gasteiger partial charge in [0, 0.05) is 33.8 Å². The first-order chi connectivity index (χ1) is 24.1. The van der Waals surface area contributed by atoms with Crippen LogP contribution in [0.1, 0.15) is 42.5 Å². The highest BCUT2D eigenvalue weighted by atomic mass is 32.2. The topological polar surface area (TPSA) is 112 Å². The van der Waals surface area contributed by atoms with Crippen molar-refractivity contribution in [3.63, 3.8) is 0 Å². The molecule has 2 atom stereocenters. The van der Waals surface area contributed by atoms with Crippen LogP contribution < -0.4 is 9.84 Å². The van der Waals surface area contributed by atoms with E-state index < -0.39 is 19.4 Å². The summed E-state index contributed by atoms with van der Waals surface area (Å²) in [7, 11) is -2.43. The number of benzene rings is 4. The SMILES string of the molecule is CNC(=O)c1ccccc1Sc1ccc2c(/C=C/c3ccccn3)nn(P(=O)(C[C@@H](C)C(=O)OC(C)C)Oc3cccc4ccccc34)c2c1. The molecule has 11 heteroatoms. The van der Waals surface area contributed by atoms with Crippen LogP contribution in [0.5, 0.6) is 5.75 Å². The molecule has 0 bridgehead atoms. The molecular formula is C39H37N4O5PS. The fourth-order valence-corrected chi connectivity index (χ4v) is 8.84. The van der Waals surface area contributed by atoms with E-state index in [1.165, 1.54) is 16.2 Å². The van der Waals surface area contributed by atoms with Crippen molar-refractivity contribution in [1.29, 1.82) is 0 Å². The first-order valence-electron chi connectivity index (χ1n) is 16.2. The number of esters is 1. The minimum Gasteiger partial charge on any atom is -0.463 e. The molecule has 6 aromatic rings. The Balaban J connectivity index is 1.52. The first kappa shape index (κ1) is 34.7. The van der Waals surface area contributed by atoms with Gasteiger partial charge in [-0.1, -0.05) is 73.3 Å². The monoisotopic (exact) mass is 704 g/mol. The van der Waals surface area contributed by atoms with Crippen molar-refractivity contribution in [3.05, 3.63) is 126 Å². The molecule has 0 aliphatic carbocycles. The Labute approximate surface area is 295 Å². The van der Waals surface area contributed by atoms with Gasteiger partial charge in [-0.05, 0) is 79.9 Å². The van der Waals surface area contributed by atoms with Crippen LogP contribution in [0, 0.1) is 5.92 Å². The second-order valence-electron chi connectivity index (χ2n) is 12.0. The van der Waals surface area contributed by atoms with Crippen LogP contribution in [0.3, 0.4) is 0 Å². The van der Waals surface area contributed by atoms with Gasteiger partial charge in [-0.25, -0.2) is 0 Å². The summed E-state index contributed by atoms with van der Waals surface area (Å²) >= 11 is 1.41. The summed E-state index contributed by atoms with van der Waals surface area (Å²) in [6.07, 6.45) is 4.87. The second-order valence-corrected chi connectivity index (χ2v) is 15.3. The quantitative estimate of drug-likeness (QED) is 0.0993. The normalized spacial score (nSPS) is 13.4. The van der Waals surface area contributed by atoms with Gasteiger partial charge in [0.1, 0.15) is 5.75 Å². The lowest BCUT2D eigenvalue weighted by atomic mass is 10.1. The van der Waals surface area contributed by atoms with Gasteiger partial charge in [-0.3, -0.25) is 19.1 Å². The molecule has 4 aromatic carbocycles. The molecule has 0 aliphatic rings. The van der Waals surface area contributed by atoms with Crippen molar-refractivity contribution in [2.45, 2.75) is 36.7 Å². The van der Waals surface area contributed by atoms with Crippen LogP contribution in [0.15, 0.2) is 119 Å². The molecule has 1 amide bonds. The average Bonchev–Trinajstić information content (AvgIpc) is 3.49. The molecule has 6 rings (SSSR count). The molecule has 0 spiro atoms. The van der Waals surface area contributed by atoms with Crippen molar-refractivity contribution in [2.75, 3.05) is 13.2 Å². The van der Waals surface area contributed by atoms with E-state index in [0.717, 1.165) is 31.6 Å². The summed E-state index contributed by atoms with van der Waals surface area (Å²) in [6, 6.07) is 32.0. The molecule has 0 saturated heterocycles. The molecule has 1 unspecified atom stereocenters. The summed E-state index contributed by atoms with van der Waals surface area (Å²) in [4.78, 5) is 31.8. The second kappa shape index (κ2) is 15.2. The molecule has 0 aliphatic heterocycles. The van der Waals surface area contributed by atoms with Gasteiger partial charge in [0.25, 0.3) is 5.91 Å². The van der Waals surface area contributed by atoms with E-state index in [4.69, 9.17) is 14.4 Å². The number of aromatic nitrogens is 3. The van der Waals surface area contributed by atoms with E-state index in [-0.39, 0.29) is 18.2 Å². The molecule has 1 N–H and O–H groups in total. The summed E-state index contributed by atoms with van der Waals surface area (Å²) in [5, 5.41) is 10.0. The third-order valence-corrected chi connectivity index (χ3v) is 11.3. The van der Waals surface area contributed by atoms with E-state index >= 15 is 4.57 Å². The molecule has 0 radical (unpaired) electrons. The molecule has 2 heterocycles. The predicted molar refractivity (Wildman–Crippen MR) is 200 cm³/mol. The van der Waals surface area contributed by atoms with Gasteiger partial charge in [0.05, 0.1) is 40.7 Å². The lowest BCUT2D eigenvalue weighted by Gasteiger charge is -2.24. The zero-order valence-electron chi connectivity index (χ0n) is 28.1. The lowest BCUT2D eigenvalue weighted by molar-refractivity contribution is -0.151. The number of rotatable bonds is 12. The van der Waals surface area contributed by atoms with Crippen LogP contribution in [-0.2, 0) is 14.1 Å². The van der Waals surface area contributed by atoms with Crippen LogP contribution in [0.25, 0.3) is 33.8 Å². The standard InChI is InChI=1S/C39H37N4O5PS/c1-26(2)47-39(45)27(3)25-49(46,48-36-17-11-13-28-12-5-6-15-31(28)36)43-35-24-30(50-37-18-8-7-16-33(37)38(44)40-4)20-21-32(35)34(42-43)22-19-29-14-9-10-23-41-29/h5-24,26-27H,25H2,1-4H3,(H,40,44)/b22-19+/t27-,49?/m1/s1. The van der Waals surface area contributed by atoms with Gasteiger partial charge in [0.2, 0.25) is 0 Å². The number of pyridine rings is 1. The molecule has 0 saturated carbocycles. The highest BCUT2D eigenvalue weighted by Gasteiger charge is 2.37. The number of hydrogen-bond acceptors (Lipinski definition) is 8. The van der Waals surface area contributed by atoms with Crippen molar-refractivity contribution >= 4 is 65.0 Å². The fraction of sp³-hybridized carbons (Fsp3) is 0.179. The zero-order chi connectivity index (χ0) is 35.3. The largest absolute Gasteiger partial charge is 0.463 e. The maximum atomic E-state index is 15.6. The predicted octanol–water partition coefficient (Wildman–Crippen LogP) is 8.97. The van der Waals surface area contributed by atoms with Crippen molar-refractivity contribution in [2.24, 2.45) is 5.92 Å². The van der Waals surface area contributed by atoms with Gasteiger partial charge in [-0.15, -0.1) is 0 Å². The minimum atomic E-state index is -4.02. The number of hydrogen-bond donors (Lipinski definition) is 1. The van der Waals surface area contributed by atoms with Crippen molar-refractivity contribution < 1.29 is 23.4 Å². The number of amides is 1. The van der Waals surface area contributed by atoms with Crippen molar-refractivity contribution in [1.82, 2.24) is 19.9 Å². The van der Waals surface area contributed by atoms with Crippen LogP contribution in [-0.4, -0.2) is 45.7 Å². The summed E-state index contributed by atoms with van der Waals surface area (Å²) in [6.45, 7) is 5.24. The highest BCUT2D eigenvalue weighted by Crippen LogP contribution is 2.53. The smallest absolute Gasteiger partial charge is 0.364 e. The third kappa shape index (κ3) is 7.67.